The molecule has 1 aliphatic heterocycles. The molecule has 0 saturated carbocycles. The Balaban J connectivity index is 2.14. The Morgan fingerprint density at radius 2 is 2.17 bits per heavy atom. The van der Waals surface area contributed by atoms with Gasteiger partial charge < -0.3 is 0 Å². The van der Waals surface area contributed by atoms with E-state index < -0.39 is 10.0 Å². The number of hydrogen-bond acceptors (Lipinski definition) is 3. The number of aromatic nitrogens is 2. The molecule has 0 radical (unpaired) electrons. The van der Waals surface area contributed by atoms with Crippen LogP contribution in [0.4, 0.5) is 4.39 Å². The lowest BCUT2D eigenvalue weighted by Gasteiger charge is -2.24. The van der Waals surface area contributed by atoms with E-state index in [0.717, 1.165) is 11.4 Å². The Bertz CT molecular complexity index is 723. The molecular formula is C11H12FN3O2S. The van der Waals surface area contributed by atoms with Crippen molar-refractivity contribution >= 4 is 15.7 Å². The highest BCUT2D eigenvalue weighted by Crippen LogP contribution is 2.22. The van der Waals surface area contributed by atoms with Gasteiger partial charge in [0, 0.05) is 19.2 Å². The Kier molecular flexibility index (Phi) is 2.43. The smallest absolute Gasteiger partial charge is 0.211 e. The van der Waals surface area contributed by atoms with Gasteiger partial charge in [-0.3, -0.25) is 4.40 Å². The largest absolute Gasteiger partial charge is 0.299 e. The number of pyridine rings is 1. The number of fused-ring (bicyclic) bond motifs is 3. The van der Waals surface area contributed by atoms with E-state index in [1.165, 1.54) is 22.8 Å². The first-order valence-corrected chi connectivity index (χ1v) is 7.40. The highest BCUT2D eigenvalue weighted by Gasteiger charge is 2.26. The van der Waals surface area contributed by atoms with Gasteiger partial charge in [-0.15, -0.1) is 0 Å². The molecule has 0 atom stereocenters. The maximum atomic E-state index is 13.2. The highest BCUT2D eigenvalue weighted by atomic mass is 32.2. The summed E-state index contributed by atoms with van der Waals surface area (Å²) >= 11 is 0. The zero-order valence-corrected chi connectivity index (χ0v) is 10.6. The summed E-state index contributed by atoms with van der Waals surface area (Å²) in [5.41, 5.74) is 2.25. The molecule has 0 unspecified atom stereocenters. The molecule has 2 aromatic heterocycles. The minimum Gasteiger partial charge on any atom is -0.299 e. The number of imidazole rings is 1. The van der Waals surface area contributed by atoms with Gasteiger partial charge in [0.2, 0.25) is 10.0 Å². The Morgan fingerprint density at radius 1 is 1.39 bits per heavy atom. The molecule has 18 heavy (non-hydrogen) atoms. The molecule has 0 amide bonds. The molecule has 0 aliphatic carbocycles. The lowest BCUT2D eigenvalue weighted by Crippen LogP contribution is -2.35. The van der Waals surface area contributed by atoms with Crippen molar-refractivity contribution in [1.29, 1.82) is 0 Å². The van der Waals surface area contributed by atoms with E-state index in [2.05, 4.69) is 4.98 Å². The van der Waals surface area contributed by atoms with Crippen LogP contribution < -0.4 is 0 Å². The summed E-state index contributed by atoms with van der Waals surface area (Å²) in [7, 11) is -3.23. The van der Waals surface area contributed by atoms with Crippen LogP contribution in [0, 0.1) is 5.82 Å². The van der Waals surface area contributed by atoms with Gasteiger partial charge in [0.05, 0.1) is 24.2 Å². The second-order valence-electron chi connectivity index (χ2n) is 4.43. The average Bonchev–Trinajstić information content (AvgIpc) is 2.65. The molecule has 2 aromatic rings. The lowest BCUT2D eigenvalue weighted by atomic mass is 10.2. The Morgan fingerprint density at radius 3 is 2.89 bits per heavy atom. The zero-order chi connectivity index (χ0) is 12.9. The molecule has 7 heteroatoms. The summed E-state index contributed by atoms with van der Waals surface area (Å²) in [6, 6.07) is 2.94. The van der Waals surface area contributed by atoms with Crippen molar-refractivity contribution in [3.05, 3.63) is 35.5 Å². The van der Waals surface area contributed by atoms with E-state index >= 15 is 0 Å². The number of sulfonamides is 1. The van der Waals surface area contributed by atoms with Gasteiger partial charge in [0.15, 0.2) is 0 Å². The molecule has 0 bridgehead atoms. The van der Waals surface area contributed by atoms with Crippen LogP contribution >= 0.6 is 0 Å². The Hall–Kier alpha value is -1.47. The quantitative estimate of drug-likeness (QED) is 0.769. The van der Waals surface area contributed by atoms with E-state index in [9.17, 15) is 12.8 Å². The van der Waals surface area contributed by atoms with Gasteiger partial charge in [0.25, 0.3) is 0 Å². The molecular weight excluding hydrogens is 257 g/mol. The minimum atomic E-state index is -3.23. The van der Waals surface area contributed by atoms with Crippen LogP contribution in [-0.4, -0.2) is 34.9 Å². The third kappa shape index (κ3) is 1.79. The molecule has 0 N–H and O–H groups in total. The second-order valence-corrected chi connectivity index (χ2v) is 6.41. The standard InChI is InChI=1S/C11H12FN3O2S/c1-18(16,17)14-5-4-9-10(7-14)15-6-8(12)2-3-11(15)13-9/h2-3,6H,4-5,7H2,1H3. The van der Waals surface area contributed by atoms with Crippen LogP contribution in [0.1, 0.15) is 11.4 Å². The topological polar surface area (TPSA) is 54.7 Å². The monoisotopic (exact) mass is 269 g/mol. The van der Waals surface area contributed by atoms with Crippen LogP contribution in [0.3, 0.4) is 0 Å². The fourth-order valence-corrected chi connectivity index (χ4v) is 3.02. The first-order chi connectivity index (χ1) is 8.45. The van der Waals surface area contributed by atoms with Crippen molar-refractivity contribution in [2.24, 2.45) is 0 Å². The van der Waals surface area contributed by atoms with Gasteiger partial charge >= 0.3 is 0 Å². The number of hydrogen-bond donors (Lipinski definition) is 0. The van der Waals surface area contributed by atoms with E-state index in [4.69, 9.17) is 0 Å². The predicted molar refractivity (Wildman–Crippen MR) is 64.1 cm³/mol. The third-order valence-corrected chi connectivity index (χ3v) is 4.41. The molecule has 3 heterocycles. The fourth-order valence-electron chi connectivity index (χ4n) is 2.24. The third-order valence-electron chi connectivity index (χ3n) is 3.16. The van der Waals surface area contributed by atoms with E-state index in [1.807, 2.05) is 0 Å². The van der Waals surface area contributed by atoms with Crippen molar-refractivity contribution < 1.29 is 12.8 Å². The van der Waals surface area contributed by atoms with Crippen LogP contribution in [0.15, 0.2) is 18.3 Å². The molecule has 0 aromatic carbocycles. The Labute approximate surface area is 104 Å². The highest BCUT2D eigenvalue weighted by molar-refractivity contribution is 7.88. The van der Waals surface area contributed by atoms with Gasteiger partial charge in [-0.1, -0.05) is 0 Å². The fraction of sp³-hybridized carbons (Fsp3) is 0.364. The van der Waals surface area contributed by atoms with Crippen LogP contribution in [0.25, 0.3) is 5.65 Å². The molecule has 0 spiro atoms. The number of halogens is 1. The molecule has 3 rings (SSSR count). The van der Waals surface area contributed by atoms with Gasteiger partial charge in [-0.25, -0.2) is 17.8 Å². The normalized spacial score (nSPS) is 17.0. The molecule has 1 aliphatic rings. The minimum absolute atomic E-state index is 0.249. The van der Waals surface area contributed by atoms with Crippen LogP contribution in [0.2, 0.25) is 0 Å². The summed E-state index contributed by atoms with van der Waals surface area (Å²) in [6.07, 6.45) is 3.08. The summed E-state index contributed by atoms with van der Waals surface area (Å²) in [5.74, 6) is -0.362. The maximum absolute atomic E-state index is 13.2. The molecule has 5 nitrogen and oxygen atoms in total. The first kappa shape index (κ1) is 11.6. The van der Waals surface area contributed by atoms with E-state index in [0.29, 0.717) is 18.6 Å². The van der Waals surface area contributed by atoms with Gasteiger partial charge in [-0.2, -0.15) is 4.31 Å². The van der Waals surface area contributed by atoms with Crippen LogP contribution in [0.5, 0.6) is 0 Å². The molecule has 96 valence electrons. The van der Waals surface area contributed by atoms with Crippen molar-refractivity contribution in [3.63, 3.8) is 0 Å². The van der Waals surface area contributed by atoms with E-state index in [-0.39, 0.29) is 12.4 Å². The summed E-state index contributed by atoms with van der Waals surface area (Å²) < 4.78 is 39.3. The van der Waals surface area contributed by atoms with E-state index in [1.54, 1.807) is 10.5 Å². The van der Waals surface area contributed by atoms with Gasteiger partial charge in [0.1, 0.15) is 11.5 Å². The van der Waals surface area contributed by atoms with Crippen LogP contribution in [-0.2, 0) is 23.0 Å². The number of rotatable bonds is 1. The predicted octanol–water partition coefficient (Wildman–Crippen LogP) is 0.791. The lowest BCUT2D eigenvalue weighted by molar-refractivity contribution is 0.386. The molecule has 0 fully saturated rings. The zero-order valence-electron chi connectivity index (χ0n) is 9.80. The van der Waals surface area contributed by atoms with Crippen molar-refractivity contribution in [1.82, 2.24) is 13.7 Å². The van der Waals surface area contributed by atoms with Crippen molar-refractivity contribution in [3.8, 4) is 0 Å². The number of nitrogens with zero attached hydrogens (tertiary/aromatic N) is 3. The SMILES string of the molecule is CS(=O)(=O)N1CCc2nc3ccc(F)cn3c2C1. The maximum Gasteiger partial charge on any atom is 0.211 e. The summed E-state index contributed by atoms with van der Waals surface area (Å²) in [5, 5.41) is 0. The molecule has 0 saturated heterocycles. The first-order valence-electron chi connectivity index (χ1n) is 5.55. The average molecular weight is 269 g/mol. The summed E-state index contributed by atoms with van der Waals surface area (Å²) in [6.45, 7) is 0.678. The van der Waals surface area contributed by atoms with Gasteiger partial charge in [-0.05, 0) is 12.1 Å². The van der Waals surface area contributed by atoms with Crippen molar-refractivity contribution in [2.45, 2.75) is 13.0 Å². The second kappa shape index (κ2) is 3.76. The summed E-state index contributed by atoms with van der Waals surface area (Å²) in [4.78, 5) is 4.39. The van der Waals surface area contributed by atoms with Crippen molar-refractivity contribution in [2.75, 3.05) is 12.8 Å².